The van der Waals surface area contributed by atoms with E-state index in [2.05, 4.69) is 5.32 Å². The Morgan fingerprint density at radius 3 is 2.62 bits per heavy atom. The second kappa shape index (κ2) is 7.60. The molecule has 26 heavy (non-hydrogen) atoms. The van der Waals surface area contributed by atoms with Gasteiger partial charge in [-0.05, 0) is 45.0 Å². The summed E-state index contributed by atoms with van der Waals surface area (Å²) in [5.41, 5.74) is 2.65. The number of rotatable bonds is 5. The molecule has 3 rings (SSSR count). The molecule has 5 nitrogen and oxygen atoms in total. The summed E-state index contributed by atoms with van der Waals surface area (Å²) in [4.78, 5) is 26.6. The number of benzene rings is 2. The molecule has 0 saturated carbocycles. The normalized spacial score (nSPS) is 16.8. The maximum atomic E-state index is 12.6. The van der Waals surface area contributed by atoms with Gasteiger partial charge in [0.15, 0.2) is 0 Å². The lowest BCUT2D eigenvalue weighted by Crippen LogP contribution is -2.28. The van der Waals surface area contributed by atoms with Gasteiger partial charge in [0, 0.05) is 30.4 Å². The fourth-order valence-electron chi connectivity index (χ4n) is 3.02. The lowest BCUT2D eigenvalue weighted by Gasteiger charge is -2.17. The zero-order valence-corrected chi connectivity index (χ0v) is 15.4. The van der Waals surface area contributed by atoms with E-state index in [9.17, 15) is 9.59 Å². The highest BCUT2D eigenvalue weighted by molar-refractivity contribution is 6.03. The molecular formula is C21H24N2O3. The van der Waals surface area contributed by atoms with Gasteiger partial charge in [-0.2, -0.15) is 0 Å². The van der Waals surface area contributed by atoms with Gasteiger partial charge in [0.2, 0.25) is 11.8 Å². The topological polar surface area (TPSA) is 58.6 Å². The SMILES string of the molecule is Cc1ccc(N2C[C@@H](C(=O)Nc3cccc(OC(C)C)c3)CC2=O)cc1. The number of nitrogens with zero attached hydrogens (tertiary/aromatic N) is 1. The summed E-state index contributed by atoms with van der Waals surface area (Å²) in [7, 11) is 0. The first kappa shape index (κ1) is 18.0. The fourth-order valence-corrected chi connectivity index (χ4v) is 3.02. The third-order valence-electron chi connectivity index (χ3n) is 4.31. The van der Waals surface area contributed by atoms with Crippen LogP contribution in [0.4, 0.5) is 11.4 Å². The monoisotopic (exact) mass is 352 g/mol. The van der Waals surface area contributed by atoms with E-state index < -0.39 is 0 Å². The molecule has 2 aromatic carbocycles. The molecule has 0 aliphatic carbocycles. The summed E-state index contributed by atoms with van der Waals surface area (Å²) in [6, 6.07) is 15.1. The summed E-state index contributed by atoms with van der Waals surface area (Å²) < 4.78 is 5.65. The van der Waals surface area contributed by atoms with E-state index in [-0.39, 0.29) is 30.3 Å². The van der Waals surface area contributed by atoms with Gasteiger partial charge in [-0.25, -0.2) is 0 Å². The van der Waals surface area contributed by atoms with E-state index >= 15 is 0 Å². The number of carbonyl (C=O) groups is 2. The lowest BCUT2D eigenvalue weighted by atomic mass is 10.1. The van der Waals surface area contributed by atoms with Gasteiger partial charge in [-0.3, -0.25) is 9.59 Å². The summed E-state index contributed by atoms with van der Waals surface area (Å²) in [5, 5.41) is 2.90. The van der Waals surface area contributed by atoms with Gasteiger partial charge in [-0.1, -0.05) is 23.8 Å². The molecule has 2 aromatic rings. The van der Waals surface area contributed by atoms with Crippen LogP contribution in [-0.2, 0) is 9.59 Å². The van der Waals surface area contributed by atoms with Crippen LogP contribution in [0.2, 0.25) is 0 Å². The minimum Gasteiger partial charge on any atom is -0.491 e. The van der Waals surface area contributed by atoms with Crippen LogP contribution in [0.15, 0.2) is 48.5 Å². The largest absolute Gasteiger partial charge is 0.491 e. The molecule has 1 heterocycles. The number of hydrogen-bond acceptors (Lipinski definition) is 3. The molecule has 0 unspecified atom stereocenters. The van der Waals surface area contributed by atoms with Crippen LogP contribution < -0.4 is 15.0 Å². The molecule has 0 aromatic heterocycles. The summed E-state index contributed by atoms with van der Waals surface area (Å²) >= 11 is 0. The Hall–Kier alpha value is -2.82. The van der Waals surface area contributed by atoms with Crippen molar-refractivity contribution < 1.29 is 14.3 Å². The van der Waals surface area contributed by atoms with E-state index in [4.69, 9.17) is 4.74 Å². The first-order chi connectivity index (χ1) is 12.4. The van der Waals surface area contributed by atoms with Gasteiger partial charge in [0.1, 0.15) is 5.75 Å². The molecule has 1 N–H and O–H groups in total. The number of ether oxygens (including phenoxy) is 1. The number of carbonyl (C=O) groups excluding carboxylic acids is 2. The first-order valence-corrected chi connectivity index (χ1v) is 8.87. The Kier molecular flexibility index (Phi) is 5.26. The Labute approximate surface area is 154 Å². The smallest absolute Gasteiger partial charge is 0.229 e. The lowest BCUT2D eigenvalue weighted by molar-refractivity contribution is -0.122. The van der Waals surface area contributed by atoms with E-state index in [0.717, 1.165) is 11.3 Å². The Balaban J connectivity index is 1.66. The minimum atomic E-state index is -0.363. The average molecular weight is 352 g/mol. The van der Waals surface area contributed by atoms with Crippen molar-refractivity contribution >= 4 is 23.2 Å². The molecule has 5 heteroatoms. The van der Waals surface area contributed by atoms with Crippen LogP contribution >= 0.6 is 0 Å². The maximum absolute atomic E-state index is 12.6. The van der Waals surface area contributed by atoms with Gasteiger partial charge in [-0.15, -0.1) is 0 Å². The van der Waals surface area contributed by atoms with E-state index in [0.29, 0.717) is 18.0 Å². The number of nitrogens with one attached hydrogen (secondary N) is 1. The minimum absolute atomic E-state index is 0.0223. The summed E-state index contributed by atoms with van der Waals surface area (Å²) in [6.07, 6.45) is 0.290. The van der Waals surface area contributed by atoms with Crippen molar-refractivity contribution in [1.29, 1.82) is 0 Å². The standard InChI is InChI=1S/C21H24N2O3/c1-14(2)26-19-6-4-5-17(12-19)22-21(25)16-11-20(24)23(13-16)18-9-7-15(3)8-10-18/h4-10,12,14,16H,11,13H2,1-3H3,(H,22,25)/t16-/m0/s1. The van der Waals surface area contributed by atoms with E-state index in [1.807, 2.05) is 63.2 Å². The molecule has 1 fully saturated rings. The number of hydrogen-bond donors (Lipinski definition) is 1. The highest BCUT2D eigenvalue weighted by Crippen LogP contribution is 2.27. The molecule has 0 spiro atoms. The average Bonchev–Trinajstić information content (AvgIpc) is 2.97. The van der Waals surface area contributed by atoms with Gasteiger partial charge < -0.3 is 15.0 Å². The summed E-state index contributed by atoms with van der Waals surface area (Å²) in [5.74, 6) is 0.181. The van der Waals surface area contributed by atoms with Gasteiger partial charge in [0.05, 0.1) is 12.0 Å². The van der Waals surface area contributed by atoms with Crippen molar-refractivity contribution in [3.05, 3.63) is 54.1 Å². The molecule has 0 bridgehead atoms. The van der Waals surface area contributed by atoms with Gasteiger partial charge >= 0.3 is 0 Å². The second-order valence-electron chi connectivity index (χ2n) is 6.92. The molecular weight excluding hydrogens is 328 g/mol. The summed E-state index contributed by atoms with van der Waals surface area (Å²) in [6.45, 7) is 6.31. The van der Waals surface area contributed by atoms with Crippen LogP contribution in [0.5, 0.6) is 5.75 Å². The Morgan fingerprint density at radius 1 is 1.19 bits per heavy atom. The van der Waals surface area contributed by atoms with Crippen molar-refractivity contribution in [1.82, 2.24) is 0 Å². The van der Waals surface area contributed by atoms with Crippen LogP contribution in [0, 0.1) is 12.8 Å². The van der Waals surface area contributed by atoms with Crippen LogP contribution in [0.25, 0.3) is 0 Å². The highest BCUT2D eigenvalue weighted by atomic mass is 16.5. The molecule has 2 amide bonds. The third kappa shape index (κ3) is 4.23. The maximum Gasteiger partial charge on any atom is 0.229 e. The number of anilines is 2. The zero-order valence-electron chi connectivity index (χ0n) is 15.4. The quantitative estimate of drug-likeness (QED) is 0.891. The molecule has 1 atom stereocenters. The van der Waals surface area contributed by atoms with Crippen LogP contribution in [0.1, 0.15) is 25.8 Å². The van der Waals surface area contributed by atoms with Crippen LogP contribution in [-0.4, -0.2) is 24.5 Å². The van der Waals surface area contributed by atoms with E-state index in [1.165, 1.54) is 0 Å². The van der Waals surface area contributed by atoms with Crippen LogP contribution in [0.3, 0.4) is 0 Å². The van der Waals surface area contributed by atoms with E-state index in [1.54, 1.807) is 11.0 Å². The molecule has 0 radical (unpaired) electrons. The zero-order chi connectivity index (χ0) is 18.7. The van der Waals surface area contributed by atoms with Crippen molar-refractivity contribution in [2.24, 2.45) is 5.92 Å². The predicted molar refractivity (Wildman–Crippen MR) is 102 cm³/mol. The molecule has 1 aliphatic rings. The van der Waals surface area contributed by atoms with Crippen molar-refractivity contribution in [2.75, 3.05) is 16.8 Å². The number of aryl methyl sites for hydroxylation is 1. The Morgan fingerprint density at radius 2 is 1.92 bits per heavy atom. The molecule has 136 valence electrons. The predicted octanol–water partition coefficient (Wildman–Crippen LogP) is 3.77. The van der Waals surface area contributed by atoms with Crippen molar-refractivity contribution in [2.45, 2.75) is 33.3 Å². The third-order valence-corrected chi connectivity index (χ3v) is 4.31. The first-order valence-electron chi connectivity index (χ1n) is 8.87. The fraction of sp³-hybridized carbons (Fsp3) is 0.333. The number of amides is 2. The molecule has 1 saturated heterocycles. The van der Waals surface area contributed by atoms with Crippen molar-refractivity contribution in [3.63, 3.8) is 0 Å². The Bertz CT molecular complexity index is 799. The van der Waals surface area contributed by atoms with Crippen molar-refractivity contribution in [3.8, 4) is 5.75 Å². The molecule has 1 aliphatic heterocycles. The highest BCUT2D eigenvalue weighted by Gasteiger charge is 2.35. The second-order valence-corrected chi connectivity index (χ2v) is 6.92. The van der Waals surface area contributed by atoms with Gasteiger partial charge in [0.25, 0.3) is 0 Å².